The number of hydrogen-bond donors (Lipinski definition) is 2. The molecule has 3 rings (SSSR count). The highest BCUT2D eigenvalue weighted by atomic mass is 32.2. The molecule has 1 amide bonds. The van der Waals surface area contributed by atoms with Gasteiger partial charge >= 0.3 is 0 Å². The zero-order chi connectivity index (χ0) is 16.2. The molecule has 2 aromatic carbocycles. The maximum absolute atomic E-state index is 14.5. The minimum absolute atomic E-state index is 0.254. The van der Waals surface area contributed by atoms with Gasteiger partial charge < -0.3 is 10.6 Å². The van der Waals surface area contributed by atoms with Crippen LogP contribution in [0.3, 0.4) is 0 Å². The Morgan fingerprint density at radius 1 is 1.26 bits per heavy atom. The number of amides is 1. The Morgan fingerprint density at radius 2 is 2.04 bits per heavy atom. The molecule has 0 saturated carbocycles. The molecular formula is C18H19FN2OS. The first kappa shape index (κ1) is 16.0. The highest BCUT2D eigenvalue weighted by Crippen LogP contribution is 2.25. The molecule has 1 aliphatic rings. The number of carbonyl (C=O) groups excluding carboxylic acids is 1. The third-order valence-electron chi connectivity index (χ3n) is 3.98. The van der Waals surface area contributed by atoms with E-state index in [0.29, 0.717) is 24.1 Å². The molecule has 2 aromatic rings. The molecule has 0 fully saturated rings. The van der Waals surface area contributed by atoms with Crippen molar-refractivity contribution in [3.8, 4) is 0 Å². The largest absolute Gasteiger partial charge is 0.319 e. The molecule has 2 N–H and O–H groups in total. The van der Waals surface area contributed by atoms with Gasteiger partial charge in [0.15, 0.2) is 0 Å². The summed E-state index contributed by atoms with van der Waals surface area (Å²) in [4.78, 5) is 12.3. The van der Waals surface area contributed by atoms with Crippen LogP contribution in [0.25, 0.3) is 0 Å². The molecule has 0 bridgehead atoms. The SMILES string of the molecule is CSCc1ccc(C(=O)Nc2ccc3c(c2F)CCNC3)cc1. The first-order valence-electron chi connectivity index (χ1n) is 7.59. The maximum atomic E-state index is 14.5. The molecule has 3 nitrogen and oxygen atoms in total. The van der Waals surface area contributed by atoms with E-state index in [0.717, 1.165) is 17.9 Å². The zero-order valence-electron chi connectivity index (χ0n) is 13.0. The minimum Gasteiger partial charge on any atom is -0.319 e. The lowest BCUT2D eigenvalue weighted by Crippen LogP contribution is -2.25. The lowest BCUT2D eigenvalue weighted by atomic mass is 9.99. The summed E-state index contributed by atoms with van der Waals surface area (Å²) in [5.74, 6) is 0.319. The Kier molecular flexibility index (Phi) is 4.98. The van der Waals surface area contributed by atoms with Crippen molar-refractivity contribution in [3.05, 3.63) is 64.5 Å². The molecule has 120 valence electrons. The second-order valence-corrected chi connectivity index (χ2v) is 6.44. The van der Waals surface area contributed by atoms with Gasteiger partial charge in [-0.25, -0.2) is 4.39 Å². The van der Waals surface area contributed by atoms with Crippen LogP contribution < -0.4 is 10.6 Å². The van der Waals surface area contributed by atoms with Crippen LogP contribution in [0.15, 0.2) is 36.4 Å². The van der Waals surface area contributed by atoms with Crippen molar-refractivity contribution in [2.24, 2.45) is 0 Å². The molecule has 0 aromatic heterocycles. The van der Waals surface area contributed by atoms with Crippen LogP contribution in [-0.4, -0.2) is 18.7 Å². The van der Waals surface area contributed by atoms with Crippen molar-refractivity contribution in [1.82, 2.24) is 5.32 Å². The fourth-order valence-electron chi connectivity index (χ4n) is 2.74. The number of thioether (sulfide) groups is 1. The van der Waals surface area contributed by atoms with Crippen molar-refractivity contribution in [3.63, 3.8) is 0 Å². The number of hydrogen-bond acceptors (Lipinski definition) is 3. The summed E-state index contributed by atoms with van der Waals surface area (Å²) in [6.45, 7) is 1.44. The van der Waals surface area contributed by atoms with E-state index in [9.17, 15) is 9.18 Å². The van der Waals surface area contributed by atoms with Gasteiger partial charge in [0, 0.05) is 17.9 Å². The molecule has 1 heterocycles. The van der Waals surface area contributed by atoms with E-state index >= 15 is 0 Å². The van der Waals surface area contributed by atoms with Gasteiger partial charge in [-0.1, -0.05) is 18.2 Å². The number of anilines is 1. The van der Waals surface area contributed by atoms with Gasteiger partial charge in [0.25, 0.3) is 5.91 Å². The molecule has 0 saturated heterocycles. The molecule has 1 aliphatic heterocycles. The number of fused-ring (bicyclic) bond motifs is 1. The number of nitrogens with one attached hydrogen (secondary N) is 2. The summed E-state index contributed by atoms with van der Waals surface area (Å²) < 4.78 is 14.5. The maximum Gasteiger partial charge on any atom is 0.255 e. The fourth-order valence-corrected chi connectivity index (χ4v) is 3.27. The summed E-state index contributed by atoms with van der Waals surface area (Å²) in [6.07, 6.45) is 2.68. The molecular weight excluding hydrogens is 311 g/mol. The molecule has 0 radical (unpaired) electrons. The Bertz CT molecular complexity index is 716. The van der Waals surface area contributed by atoms with Crippen LogP contribution >= 0.6 is 11.8 Å². The normalized spacial score (nSPS) is 13.5. The van der Waals surface area contributed by atoms with Crippen molar-refractivity contribution in [1.29, 1.82) is 0 Å². The van der Waals surface area contributed by atoms with E-state index in [-0.39, 0.29) is 17.4 Å². The van der Waals surface area contributed by atoms with Crippen LogP contribution in [0.5, 0.6) is 0 Å². The fraction of sp³-hybridized carbons (Fsp3) is 0.278. The van der Waals surface area contributed by atoms with Crippen molar-refractivity contribution < 1.29 is 9.18 Å². The summed E-state index contributed by atoms with van der Waals surface area (Å²) in [5, 5.41) is 5.90. The van der Waals surface area contributed by atoms with Crippen LogP contribution in [0.2, 0.25) is 0 Å². The van der Waals surface area contributed by atoms with Crippen molar-refractivity contribution in [2.75, 3.05) is 18.1 Å². The number of carbonyl (C=O) groups is 1. The molecule has 0 atom stereocenters. The van der Waals surface area contributed by atoms with E-state index in [1.807, 2.05) is 24.5 Å². The Labute approximate surface area is 139 Å². The van der Waals surface area contributed by atoms with Crippen LogP contribution in [-0.2, 0) is 18.7 Å². The lowest BCUT2D eigenvalue weighted by molar-refractivity contribution is 0.102. The number of benzene rings is 2. The van der Waals surface area contributed by atoms with Gasteiger partial charge in [0.05, 0.1) is 5.69 Å². The summed E-state index contributed by atoms with van der Waals surface area (Å²) >= 11 is 1.73. The van der Waals surface area contributed by atoms with Gasteiger partial charge in [-0.05, 0) is 54.1 Å². The molecule has 0 aliphatic carbocycles. The van der Waals surface area contributed by atoms with E-state index in [4.69, 9.17) is 0 Å². The number of rotatable bonds is 4. The van der Waals surface area contributed by atoms with Gasteiger partial charge in [-0.3, -0.25) is 4.79 Å². The van der Waals surface area contributed by atoms with Crippen LogP contribution in [0.1, 0.15) is 27.0 Å². The van der Waals surface area contributed by atoms with Crippen molar-refractivity contribution in [2.45, 2.75) is 18.7 Å². The second-order valence-electron chi connectivity index (χ2n) is 5.58. The Morgan fingerprint density at radius 3 is 2.78 bits per heavy atom. The van der Waals surface area contributed by atoms with Crippen LogP contribution in [0.4, 0.5) is 10.1 Å². The van der Waals surface area contributed by atoms with Gasteiger partial charge in [0.1, 0.15) is 5.82 Å². The van der Waals surface area contributed by atoms with E-state index in [1.54, 1.807) is 30.0 Å². The molecule has 0 spiro atoms. The van der Waals surface area contributed by atoms with E-state index in [1.165, 1.54) is 5.56 Å². The van der Waals surface area contributed by atoms with Crippen LogP contribution in [0, 0.1) is 5.82 Å². The average molecular weight is 330 g/mol. The average Bonchev–Trinajstić information content (AvgIpc) is 2.58. The highest BCUT2D eigenvalue weighted by molar-refractivity contribution is 7.97. The second kappa shape index (κ2) is 7.15. The third kappa shape index (κ3) is 3.57. The standard InChI is InChI=1S/C18H19FN2OS/c1-23-11-12-2-4-13(5-3-12)18(22)21-16-7-6-14-10-20-9-8-15(14)17(16)19/h2-7,20H,8-11H2,1H3,(H,21,22). The van der Waals surface area contributed by atoms with E-state index < -0.39 is 0 Å². The van der Waals surface area contributed by atoms with E-state index in [2.05, 4.69) is 10.6 Å². The molecule has 5 heteroatoms. The third-order valence-corrected chi connectivity index (χ3v) is 4.60. The summed E-state index contributed by atoms with van der Waals surface area (Å²) in [5.41, 5.74) is 3.63. The predicted molar refractivity (Wildman–Crippen MR) is 93.4 cm³/mol. The minimum atomic E-state index is -0.309. The smallest absolute Gasteiger partial charge is 0.255 e. The highest BCUT2D eigenvalue weighted by Gasteiger charge is 2.17. The molecule has 23 heavy (non-hydrogen) atoms. The van der Waals surface area contributed by atoms with Gasteiger partial charge in [-0.2, -0.15) is 11.8 Å². The monoisotopic (exact) mass is 330 g/mol. The molecule has 0 unspecified atom stereocenters. The van der Waals surface area contributed by atoms with Crippen molar-refractivity contribution >= 4 is 23.4 Å². The van der Waals surface area contributed by atoms with Gasteiger partial charge in [0.2, 0.25) is 0 Å². The Hall–Kier alpha value is -1.85. The zero-order valence-corrected chi connectivity index (χ0v) is 13.8. The predicted octanol–water partition coefficient (Wildman–Crippen LogP) is 3.59. The first-order valence-corrected chi connectivity index (χ1v) is 8.98. The lowest BCUT2D eigenvalue weighted by Gasteiger charge is -2.19. The quantitative estimate of drug-likeness (QED) is 0.900. The summed E-state index contributed by atoms with van der Waals surface area (Å²) in [6, 6.07) is 10.9. The topological polar surface area (TPSA) is 41.1 Å². The first-order chi connectivity index (χ1) is 11.2. The van der Waals surface area contributed by atoms with Gasteiger partial charge in [-0.15, -0.1) is 0 Å². The Balaban J connectivity index is 1.77. The summed E-state index contributed by atoms with van der Waals surface area (Å²) in [7, 11) is 0. The number of halogens is 1.